The number of pyridine rings is 1. The van der Waals surface area contributed by atoms with Gasteiger partial charge in [-0.3, -0.25) is 19.7 Å². The summed E-state index contributed by atoms with van der Waals surface area (Å²) in [5, 5.41) is 13.6. The summed E-state index contributed by atoms with van der Waals surface area (Å²) in [7, 11) is 0. The first kappa shape index (κ1) is 17.1. The molecule has 130 valence electrons. The summed E-state index contributed by atoms with van der Waals surface area (Å²) in [6, 6.07) is 18.0. The van der Waals surface area contributed by atoms with E-state index in [2.05, 4.69) is 5.32 Å². The largest absolute Gasteiger partial charge is 0.316 e. The average molecular weight is 349 g/mol. The third kappa shape index (κ3) is 3.84. The van der Waals surface area contributed by atoms with Crippen LogP contribution in [0.5, 0.6) is 0 Å². The van der Waals surface area contributed by atoms with Gasteiger partial charge < -0.3 is 9.88 Å². The van der Waals surface area contributed by atoms with E-state index in [1.165, 1.54) is 41.1 Å². The molecule has 3 aromatic rings. The number of benzene rings is 2. The molecule has 3 rings (SSSR count). The molecule has 0 aliphatic heterocycles. The number of carbonyl (C=O) groups is 1. The highest BCUT2D eigenvalue weighted by atomic mass is 16.6. The number of aromatic nitrogens is 1. The molecule has 0 spiro atoms. The van der Waals surface area contributed by atoms with E-state index in [-0.39, 0.29) is 22.5 Å². The van der Waals surface area contributed by atoms with Crippen molar-refractivity contribution in [2.75, 3.05) is 5.32 Å². The lowest BCUT2D eigenvalue weighted by molar-refractivity contribution is -0.383. The molecule has 7 heteroatoms. The average Bonchev–Trinajstić information content (AvgIpc) is 2.64. The number of amides is 1. The minimum absolute atomic E-state index is 0.100. The van der Waals surface area contributed by atoms with Gasteiger partial charge in [0.2, 0.25) is 0 Å². The van der Waals surface area contributed by atoms with Crippen LogP contribution in [-0.4, -0.2) is 15.4 Å². The van der Waals surface area contributed by atoms with Crippen LogP contribution >= 0.6 is 0 Å². The zero-order valence-corrected chi connectivity index (χ0v) is 13.7. The number of nitro groups is 1. The predicted molar refractivity (Wildman–Crippen MR) is 97.3 cm³/mol. The summed E-state index contributed by atoms with van der Waals surface area (Å²) in [6.07, 6.45) is 1.44. The molecule has 26 heavy (non-hydrogen) atoms. The molecule has 0 saturated heterocycles. The van der Waals surface area contributed by atoms with Crippen molar-refractivity contribution in [3.8, 4) is 0 Å². The first-order valence-corrected chi connectivity index (χ1v) is 7.84. The van der Waals surface area contributed by atoms with E-state index in [0.717, 1.165) is 5.56 Å². The Bertz CT molecular complexity index is 1010. The van der Waals surface area contributed by atoms with Gasteiger partial charge in [-0.15, -0.1) is 0 Å². The van der Waals surface area contributed by atoms with Gasteiger partial charge in [0.25, 0.3) is 17.2 Å². The fraction of sp³-hybridized carbons (Fsp3) is 0.0526. The van der Waals surface area contributed by atoms with Gasteiger partial charge in [-0.05, 0) is 17.7 Å². The second-order valence-electron chi connectivity index (χ2n) is 5.60. The van der Waals surface area contributed by atoms with Gasteiger partial charge in [0.1, 0.15) is 5.69 Å². The van der Waals surface area contributed by atoms with E-state index < -0.39 is 10.8 Å². The molecule has 1 N–H and O–H groups in total. The molecule has 0 radical (unpaired) electrons. The Hall–Kier alpha value is -3.74. The monoisotopic (exact) mass is 349 g/mol. The van der Waals surface area contributed by atoms with Crippen molar-refractivity contribution < 1.29 is 9.72 Å². The van der Waals surface area contributed by atoms with Crippen LogP contribution in [0.2, 0.25) is 0 Å². The second kappa shape index (κ2) is 7.43. The first-order chi connectivity index (χ1) is 12.5. The summed E-state index contributed by atoms with van der Waals surface area (Å²) in [4.78, 5) is 35.0. The van der Waals surface area contributed by atoms with Crippen LogP contribution in [0.1, 0.15) is 15.9 Å². The SMILES string of the molecule is O=C(Nc1ccccc1[N+](=O)[O-])c1ccc(=O)n(Cc2ccccc2)c1. The second-order valence-corrected chi connectivity index (χ2v) is 5.60. The van der Waals surface area contributed by atoms with Crippen molar-refractivity contribution >= 4 is 17.3 Å². The Balaban J connectivity index is 1.86. The Morgan fingerprint density at radius 2 is 1.69 bits per heavy atom. The number of hydrogen-bond acceptors (Lipinski definition) is 4. The maximum absolute atomic E-state index is 12.5. The van der Waals surface area contributed by atoms with Crippen molar-refractivity contribution in [3.63, 3.8) is 0 Å². The molecule has 0 aliphatic carbocycles. The van der Waals surface area contributed by atoms with Crippen LogP contribution in [0.25, 0.3) is 0 Å². The van der Waals surface area contributed by atoms with E-state index in [1.807, 2.05) is 30.3 Å². The molecule has 0 aliphatic rings. The van der Waals surface area contributed by atoms with Gasteiger partial charge >= 0.3 is 0 Å². The van der Waals surface area contributed by atoms with E-state index in [1.54, 1.807) is 6.07 Å². The van der Waals surface area contributed by atoms with Gasteiger partial charge in [0, 0.05) is 18.3 Å². The van der Waals surface area contributed by atoms with E-state index in [0.29, 0.717) is 6.54 Å². The number of nitrogens with one attached hydrogen (secondary N) is 1. The molecule has 0 atom stereocenters. The normalized spacial score (nSPS) is 10.3. The number of carbonyl (C=O) groups excluding carboxylic acids is 1. The Morgan fingerprint density at radius 1 is 1.00 bits per heavy atom. The van der Waals surface area contributed by atoms with Gasteiger partial charge in [-0.1, -0.05) is 42.5 Å². The zero-order chi connectivity index (χ0) is 18.5. The van der Waals surface area contributed by atoms with Gasteiger partial charge in [-0.25, -0.2) is 0 Å². The number of nitrogens with zero attached hydrogens (tertiary/aromatic N) is 2. The number of nitro benzene ring substituents is 1. The van der Waals surface area contributed by atoms with Crippen molar-refractivity contribution in [1.82, 2.24) is 4.57 Å². The summed E-state index contributed by atoms with van der Waals surface area (Å²) in [5.41, 5.74) is 0.822. The fourth-order valence-corrected chi connectivity index (χ4v) is 2.50. The van der Waals surface area contributed by atoms with Crippen LogP contribution in [0.4, 0.5) is 11.4 Å². The van der Waals surface area contributed by atoms with Crippen LogP contribution in [0.15, 0.2) is 77.7 Å². The molecule has 1 amide bonds. The lowest BCUT2D eigenvalue weighted by atomic mass is 10.2. The van der Waals surface area contributed by atoms with Crippen molar-refractivity contribution in [3.05, 3.63) is 105 Å². The summed E-state index contributed by atoms with van der Waals surface area (Å²) < 4.78 is 1.42. The van der Waals surface area contributed by atoms with Gasteiger partial charge in [0.05, 0.1) is 17.0 Å². The van der Waals surface area contributed by atoms with Crippen LogP contribution in [0, 0.1) is 10.1 Å². The third-order valence-electron chi connectivity index (χ3n) is 3.79. The van der Waals surface area contributed by atoms with Crippen molar-refractivity contribution in [2.24, 2.45) is 0 Å². The Labute approximate surface area is 148 Å². The van der Waals surface area contributed by atoms with E-state index in [9.17, 15) is 19.7 Å². The molecule has 0 saturated carbocycles. The maximum atomic E-state index is 12.5. The highest BCUT2D eigenvalue weighted by molar-refractivity contribution is 6.05. The highest BCUT2D eigenvalue weighted by Crippen LogP contribution is 2.23. The number of rotatable bonds is 5. The van der Waals surface area contributed by atoms with Gasteiger partial charge in [0.15, 0.2) is 0 Å². The van der Waals surface area contributed by atoms with Gasteiger partial charge in [-0.2, -0.15) is 0 Å². The molecule has 2 aromatic carbocycles. The zero-order valence-electron chi connectivity index (χ0n) is 13.7. The first-order valence-electron chi connectivity index (χ1n) is 7.84. The summed E-state index contributed by atoms with van der Waals surface area (Å²) in [6.45, 7) is 0.326. The standard InChI is InChI=1S/C19H15N3O4/c23-18-11-10-15(13-21(18)12-14-6-2-1-3-7-14)19(24)20-16-8-4-5-9-17(16)22(25)26/h1-11,13H,12H2,(H,20,24). The predicted octanol–water partition coefficient (Wildman–Crippen LogP) is 3.06. The topological polar surface area (TPSA) is 94.2 Å². The van der Waals surface area contributed by atoms with Crippen LogP contribution < -0.4 is 10.9 Å². The molecule has 0 fully saturated rings. The van der Waals surface area contributed by atoms with Crippen molar-refractivity contribution in [1.29, 1.82) is 0 Å². The minimum Gasteiger partial charge on any atom is -0.316 e. The lowest BCUT2D eigenvalue weighted by Gasteiger charge is -2.09. The minimum atomic E-state index is -0.564. The summed E-state index contributed by atoms with van der Waals surface area (Å²) in [5.74, 6) is -0.527. The molecule has 0 unspecified atom stereocenters. The Kier molecular flexibility index (Phi) is 4.89. The molecule has 1 aromatic heterocycles. The number of anilines is 1. The molecule has 0 bridgehead atoms. The smallest absolute Gasteiger partial charge is 0.292 e. The summed E-state index contributed by atoms with van der Waals surface area (Å²) >= 11 is 0. The third-order valence-corrected chi connectivity index (χ3v) is 3.79. The van der Waals surface area contributed by atoms with E-state index >= 15 is 0 Å². The number of hydrogen-bond donors (Lipinski definition) is 1. The van der Waals surface area contributed by atoms with E-state index in [4.69, 9.17) is 0 Å². The number of para-hydroxylation sites is 2. The van der Waals surface area contributed by atoms with Crippen molar-refractivity contribution in [2.45, 2.75) is 6.54 Å². The quantitative estimate of drug-likeness (QED) is 0.566. The maximum Gasteiger partial charge on any atom is 0.292 e. The molecule has 7 nitrogen and oxygen atoms in total. The Morgan fingerprint density at radius 3 is 2.42 bits per heavy atom. The highest BCUT2D eigenvalue weighted by Gasteiger charge is 2.16. The molecular weight excluding hydrogens is 334 g/mol. The molecule has 1 heterocycles. The lowest BCUT2D eigenvalue weighted by Crippen LogP contribution is -2.22. The van der Waals surface area contributed by atoms with Crippen LogP contribution in [0.3, 0.4) is 0 Å². The van der Waals surface area contributed by atoms with Crippen LogP contribution in [-0.2, 0) is 6.54 Å². The molecular formula is C19H15N3O4. The fourth-order valence-electron chi connectivity index (χ4n) is 2.50.